The maximum absolute atomic E-state index is 10.3. The first-order valence-corrected chi connectivity index (χ1v) is 8.81. The summed E-state index contributed by atoms with van der Waals surface area (Å²) in [5, 5.41) is 15.3. The lowest BCUT2D eigenvalue weighted by Gasteiger charge is -2.26. The third kappa shape index (κ3) is 4.80. The van der Waals surface area contributed by atoms with E-state index in [0.717, 1.165) is 25.1 Å². The Kier molecular flexibility index (Phi) is 6.26. The Morgan fingerprint density at radius 3 is 3.00 bits per heavy atom. The van der Waals surface area contributed by atoms with Crippen molar-refractivity contribution in [3.8, 4) is 0 Å². The van der Waals surface area contributed by atoms with Gasteiger partial charge >= 0.3 is 0 Å². The summed E-state index contributed by atoms with van der Waals surface area (Å²) in [5.41, 5.74) is 0.948. The van der Waals surface area contributed by atoms with Crippen LogP contribution in [-0.2, 0) is 17.9 Å². The van der Waals surface area contributed by atoms with E-state index in [-0.39, 0.29) is 0 Å². The average molecular weight is 350 g/mol. The zero-order chi connectivity index (χ0) is 16.8. The number of rotatable bonds is 8. The molecule has 2 atom stereocenters. The molecule has 0 radical (unpaired) electrons. The molecule has 1 aliphatic heterocycles. The summed E-state index contributed by atoms with van der Waals surface area (Å²) in [6.07, 6.45) is 5.61. The minimum absolute atomic E-state index is 0.316. The van der Waals surface area contributed by atoms with Crippen molar-refractivity contribution in [1.29, 1.82) is 0 Å². The standard InChI is InChI=1S/C18H24ClN3O2/c19-18-7-2-1-5-15(18)13-24-14-17(23)12-21-9-3-6-16(21)11-22-10-4-8-20-22/h1-2,4-5,7-8,10,16-17,23H,3,6,9,11-14H2/t16-,17-/m0/s1. The Morgan fingerprint density at radius 1 is 1.33 bits per heavy atom. The highest BCUT2D eigenvalue weighted by Crippen LogP contribution is 2.19. The van der Waals surface area contributed by atoms with E-state index in [1.54, 1.807) is 6.20 Å². The third-order valence-electron chi connectivity index (χ3n) is 4.43. The molecule has 2 aromatic rings. The fourth-order valence-corrected chi connectivity index (χ4v) is 3.40. The smallest absolute Gasteiger partial charge is 0.0900 e. The van der Waals surface area contributed by atoms with Crippen LogP contribution in [0.15, 0.2) is 42.7 Å². The molecule has 0 saturated carbocycles. The van der Waals surface area contributed by atoms with Crippen molar-refractivity contribution >= 4 is 11.6 Å². The van der Waals surface area contributed by atoms with E-state index >= 15 is 0 Å². The second-order valence-corrected chi connectivity index (χ2v) is 6.69. The lowest BCUT2D eigenvalue weighted by atomic mass is 10.2. The van der Waals surface area contributed by atoms with Gasteiger partial charge in [-0.25, -0.2) is 0 Å². The second kappa shape index (κ2) is 8.62. The van der Waals surface area contributed by atoms with E-state index in [2.05, 4.69) is 10.00 Å². The van der Waals surface area contributed by atoms with Gasteiger partial charge in [0, 0.05) is 30.0 Å². The van der Waals surface area contributed by atoms with Gasteiger partial charge in [0.2, 0.25) is 0 Å². The first-order chi connectivity index (χ1) is 11.7. The fraction of sp³-hybridized carbons (Fsp3) is 0.500. The van der Waals surface area contributed by atoms with Crippen molar-refractivity contribution in [2.24, 2.45) is 0 Å². The molecule has 3 rings (SSSR count). The molecule has 1 fully saturated rings. The number of aliphatic hydroxyl groups is 1. The molecule has 1 aromatic carbocycles. The number of aliphatic hydroxyl groups excluding tert-OH is 1. The maximum atomic E-state index is 10.3. The van der Waals surface area contributed by atoms with Crippen LogP contribution in [0.3, 0.4) is 0 Å². The minimum atomic E-state index is -0.495. The van der Waals surface area contributed by atoms with Gasteiger partial charge < -0.3 is 9.84 Å². The summed E-state index contributed by atoms with van der Waals surface area (Å²) in [6.45, 7) is 3.27. The van der Waals surface area contributed by atoms with Gasteiger partial charge in [-0.1, -0.05) is 29.8 Å². The molecular formula is C18H24ClN3O2. The highest BCUT2D eigenvalue weighted by Gasteiger charge is 2.26. The SMILES string of the molecule is O[C@H](COCc1ccccc1Cl)CN1CCC[C@H]1Cn1cccn1. The van der Waals surface area contributed by atoms with Gasteiger partial charge in [-0.15, -0.1) is 0 Å². The molecule has 0 amide bonds. The van der Waals surface area contributed by atoms with Crippen LogP contribution in [0.4, 0.5) is 0 Å². The lowest BCUT2D eigenvalue weighted by Crippen LogP contribution is -2.40. The first kappa shape index (κ1) is 17.4. The fourth-order valence-electron chi connectivity index (χ4n) is 3.21. The molecule has 0 aliphatic carbocycles. The largest absolute Gasteiger partial charge is 0.389 e. The number of likely N-dealkylation sites (tertiary alicyclic amines) is 1. The number of aromatic nitrogens is 2. The molecule has 0 spiro atoms. The van der Waals surface area contributed by atoms with E-state index in [0.29, 0.717) is 30.8 Å². The first-order valence-electron chi connectivity index (χ1n) is 8.43. The number of benzene rings is 1. The Morgan fingerprint density at radius 2 is 2.21 bits per heavy atom. The van der Waals surface area contributed by atoms with Crippen molar-refractivity contribution in [3.63, 3.8) is 0 Å². The molecule has 6 heteroatoms. The number of ether oxygens (including phenoxy) is 1. The van der Waals surface area contributed by atoms with Gasteiger partial charge in [0.25, 0.3) is 0 Å². The van der Waals surface area contributed by atoms with E-state index in [9.17, 15) is 5.11 Å². The molecule has 1 saturated heterocycles. The summed E-state index contributed by atoms with van der Waals surface area (Å²) in [7, 11) is 0. The summed E-state index contributed by atoms with van der Waals surface area (Å²) >= 11 is 6.10. The molecular weight excluding hydrogens is 326 g/mol. The number of hydrogen-bond donors (Lipinski definition) is 1. The molecule has 2 heterocycles. The van der Waals surface area contributed by atoms with Crippen LogP contribution in [0.5, 0.6) is 0 Å². The quantitative estimate of drug-likeness (QED) is 0.795. The monoisotopic (exact) mass is 349 g/mol. The highest BCUT2D eigenvalue weighted by atomic mass is 35.5. The van der Waals surface area contributed by atoms with Crippen molar-refractivity contribution in [1.82, 2.24) is 14.7 Å². The molecule has 24 heavy (non-hydrogen) atoms. The third-order valence-corrected chi connectivity index (χ3v) is 4.80. The van der Waals surface area contributed by atoms with Gasteiger partial charge in [0.15, 0.2) is 0 Å². The molecule has 1 aliphatic rings. The topological polar surface area (TPSA) is 50.5 Å². The maximum Gasteiger partial charge on any atom is 0.0900 e. The summed E-state index contributed by atoms with van der Waals surface area (Å²) in [6, 6.07) is 9.99. The van der Waals surface area contributed by atoms with Crippen LogP contribution in [-0.4, -0.2) is 51.6 Å². The molecule has 1 N–H and O–H groups in total. The Bertz CT molecular complexity index is 620. The number of nitrogens with zero attached hydrogens (tertiary/aromatic N) is 3. The normalized spacial score (nSPS) is 19.7. The molecule has 0 bridgehead atoms. The van der Waals surface area contributed by atoms with Crippen LogP contribution in [0.1, 0.15) is 18.4 Å². The predicted octanol–water partition coefficient (Wildman–Crippen LogP) is 2.58. The van der Waals surface area contributed by atoms with E-state index < -0.39 is 6.10 Å². The highest BCUT2D eigenvalue weighted by molar-refractivity contribution is 6.31. The van der Waals surface area contributed by atoms with Crippen molar-refractivity contribution in [2.45, 2.75) is 38.1 Å². The van der Waals surface area contributed by atoms with Crippen LogP contribution in [0.2, 0.25) is 5.02 Å². The van der Waals surface area contributed by atoms with Gasteiger partial charge in [-0.05, 0) is 37.1 Å². The van der Waals surface area contributed by atoms with E-state index in [1.165, 1.54) is 6.42 Å². The van der Waals surface area contributed by atoms with Crippen molar-refractivity contribution in [2.75, 3.05) is 19.7 Å². The molecule has 130 valence electrons. The van der Waals surface area contributed by atoms with Gasteiger partial charge in [0.1, 0.15) is 0 Å². The lowest BCUT2D eigenvalue weighted by molar-refractivity contribution is 0.00668. The van der Waals surface area contributed by atoms with Crippen molar-refractivity contribution < 1.29 is 9.84 Å². The number of β-amino-alcohol motifs (C(OH)–C–C–N with tert-alkyl or cyclic N) is 1. The second-order valence-electron chi connectivity index (χ2n) is 6.28. The van der Waals surface area contributed by atoms with Crippen LogP contribution in [0.25, 0.3) is 0 Å². The van der Waals surface area contributed by atoms with E-state index in [1.807, 2.05) is 41.2 Å². The van der Waals surface area contributed by atoms with E-state index in [4.69, 9.17) is 16.3 Å². The predicted molar refractivity (Wildman–Crippen MR) is 93.9 cm³/mol. The Hall–Kier alpha value is -1.40. The Labute approximate surface area is 147 Å². The van der Waals surface area contributed by atoms with Crippen LogP contribution < -0.4 is 0 Å². The summed E-state index contributed by atoms with van der Waals surface area (Å²) < 4.78 is 7.60. The number of hydrogen-bond acceptors (Lipinski definition) is 4. The van der Waals surface area contributed by atoms with Gasteiger partial charge in [-0.2, -0.15) is 5.10 Å². The Balaban J connectivity index is 1.42. The molecule has 5 nitrogen and oxygen atoms in total. The van der Waals surface area contributed by atoms with Crippen LogP contribution >= 0.6 is 11.6 Å². The zero-order valence-electron chi connectivity index (χ0n) is 13.7. The molecule has 0 unspecified atom stereocenters. The van der Waals surface area contributed by atoms with Crippen LogP contribution in [0, 0.1) is 0 Å². The van der Waals surface area contributed by atoms with Crippen molar-refractivity contribution in [3.05, 3.63) is 53.3 Å². The number of halogens is 1. The zero-order valence-corrected chi connectivity index (χ0v) is 14.5. The molecule has 1 aromatic heterocycles. The average Bonchev–Trinajstić information content (AvgIpc) is 3.22. The van der Waals surface area contributed by atoms with Gasteiger partial charge in [0.05, 0.1) is 25.9 Å². The minimum Gasteiger partial charge on any atom is -0.389 e. The summed E-state index contributed by atoms with van der Waals surface area (Å²) in [4.78, 5) is 2.34. The summed E-state index contributed by atoms with van der Waals surface area (Å²) in [5.74, 6) is 0. The van der Waals surface area contributed by atoms with Gasteiger partial charge in [-0.3, -0.25) is 9.58 Å².